The SMILES string of the molecule is COc1ccc2c3c1O[C@@]1(N=[N+]=[N-])[C@@H](O)C=C[C@H]4[C@@H](C2)N(C)CC[C@@]341.c1ccc2ncccc2c1. The number of azide groups is 1. The van der Waals surface area contributed by atoms with Gasteiger partial charge in [-0.25, -0.2) is 0 Å². The molecule has 8 heteroatoms. The molecule has 0 radical (unpaired) electrons. The number of aromatic nitrogens is 1. The van der Waals surface area contributed by atoms with Crippen molar-refractivity contribution in [2.75, 3.05) is 20.7 Å². The number of hydrogen-bond donors (Lipinski definition) is 1. The second-order valence-corrected chi connectivity index (χ2v) is 9.64. The van der Waals surface area contributed by atoms with E-state index < -0.39 is 17.2 Å². The van der Waals surface area contributed by atoms with Crippen LogP contribution in [0, 0.1) is 5.92 Å². The number of rotatable bonds is 2. The highest BCUT2D eigenvalue weighted by Crippen LogP contribution is 2.67. The predicted molar refractivity (Wildman–Crippen MR) is 132 cm³/mol. The van der Waals surface area contributed by atoms with Gasteiger partial charge in [-0.05, 0) is 60.8 Å². The second kappa shape index (κ2) is 7.99. The maximum absolute atomic E-state index is 10.9. The van der Waals surface area contributed by atoms with Crippen molar-refractivity contribution >= 4 is 10.9 Å². The van der Waals surface area contributed by atoms with Crippen LogP contribution in [0.3, 0.4) is 0 Å². The minimum atomic E-state index is -1.35. The number of likely N-dealkylation sites (N-methyl/N-ethyl adjacent to an activating group) is 1. The van der Waals surface area contributed by atoms with Crippen molar-refractivity contribution in [1.82, 2.24) is 9.88 Å². The Morgan fingerprint density at radius 1 is 1.20 bits per heavy atom. The predicted octanol–water partition coefficient (Wildman–Crippen LogP) is 4.37. The molecule has 2 bridgehead atoms. The molecule has 0 amide bonds. The lowest BCUT2D eigenvalue weighted by Crippen LogP contribution is -2.70. The first kappa shape index (κ1) is 21.9. The zero-order chi connectivity index (χ0) is 24.2. The maximum atomic E-state index is 10.9. The summed E-state index contributed by atoms with van der Waals surface area (Å²) in [5, 5.41) is 16.2. The molecule has 5 atom stereocenters. The third-order valence-electron chi connectivity index (χ3n) is 8.22. The van der Waals surface area contributed by atoms with Gasteiger partial charge in [-0.1, -0.05) is 42.5 Å². The monoisotopic (exact) mass is 469 g/mol. The number of para-hydroxylation sites is 1. The fourth-order valence-corrected chi connectivity index (χ4v) is 6.68. The van der Waals surface area contributed by atoms with Crippen LogP contribution in [0.15, 0.2) is 72.0 Å². The maximum Gasteiger partial charge on any atom is 0.227 e. The van der Waals surface area contributed by atoms with E-state index in [0.29, 0.717) is 17.5 Å². The van der Waals surface area contributed by atoms with E-state index >= 15 is 0 Å². The van der Waals surface area contributed by atoms with Crippen molar-refractivity contribution < 1.29 is 14.6 Å². The van der Waals surface area contributed by atoms with Gasteiger partial charge in [0, 0.05) is 34.0 Å². The molecule has 1 aromatic heterocycles. The summed E-state index contributed by atoms with van der Waals surface area (Å²) in [5.74, 6) is 1.38. The van der Waals surface area contributed by atoms with Crippen molar-refractivity contribution in [3.8, 4) is 11.5 Å². The van der Waals surface area contributed by atoms with Gasteiger partial charge in [0.15, 0.2) is 11.5 Å². The average molecular weight is 470 g/mol. The quantitative estimate of drug-likeness (QED) is 0.260. The number of benzene rings is 2. The average Bonchev–Trinajstić information content (AvgIpc) is 3.19. The molecule has 0 saturated carbocycles. The molecule has 1 saturated heterocycles. The summed E-state index contributed by atoms with van der Waals surface area (Å²) in [5.41, 5.74) is 10.7. The Morgan fingerprint density at radius 2 is 2.03 bits per heavy atom. The smallest absolute Gasteiger partial charge is 0.227 e. The van der Waals surface area contributed by atoms with E-state index in [9.17, 15) is 10.6 Å². The number of likely N-dealkylation sites (tertiary alicyclic amines) is 1. The third-order valence-corrected chi connectivity index (χ3v) is 8.22. The Morgan fingerprint density at radius 3 is 2.83 bits per heavy atom. The van der Waals surface area contributed by atoms with E-state index in [2.05, 4.69) is 51.2 Å². The summed E-state index contributed by atoms with van der Waals surface area (Å²) >= 11 is 0. The highest BCUT2D eigenvalue weighted by Gasteiger charge is 2.72. The van der Waals surface area contributed by atoms with E-state index in [0.717, 1.165) is 30.5 Å². The van der Waals surface area contributed by atoms with Crippen molar-refractivity contribution in [3.05, 3.63) is 88.4 Å². The molecule has 3 aromatic rings. The van der Waals surface area contributed by atoms with Crippen LogP contribution in [0.2, 0.25) is 0 Å². The summed E-state index contributed by atoms with van der Waals surface area (Å²) in [6.07, 6.45) is 6.31. The zero-order valence-corrected chi connectivity index (χ0v) is 19.7. The lowest BCUT2D eigenvalue weighted by atomic mass is 9.51. The summed E-state index contributed by atoms with van der Waals surface area (Å²) in [6, 6.07) is 16.4. The van der Waals surface area contributed by atoms with Crippen LogP contribution in [0.5, 0.6) is 11.5 Å². The molecule has 7 rings (SSSR count). The highest BCUT2D eigenvalue weighted by molar-refractivity contribution is 5.77. The Balaban J connectivity index is 0.000000191. The van der Waals surface area contributed by atoms with Gasteiger partial charge >= 0.3 is 0 Å². The number of aliphatic hydroxyl groups is 1. The normalized spacial score (nSPS) is 31.5. The minimum Gasteiger partial charge on any atom is -0.493 e. The number of fused-ring (bicyclic) bond motifs is 1. The van der Waals surface area contributed by atoms with Crippen LogP contribution in [0.4, 0.5) is 0 Å². The van der Waals surface area contributed by atoms with Crippen molar-refractivity contribution in [2.24, 2.45) is 11.0 Å². The molecule has 8 nitrogen and oxygen atoms in total. The third kappa shape index (κ3) is 2.88. The first-order valence-electron chi connectivity index (χ1n) is 11.9. The van der Waals surface area contributed by atoms with Crippen LogP contribution in [0.25, 0.3) is 21.3 Å². The van der Waals surface area contributed by atoms with Gasteiger partial charge in [-0.3, -0.25) is 4.98 Å². The molecule has 0 unspecified atom stereocenters. The second-order valence-electron chi connectivity index (χ2n) is 9.64. The molecule has 1 N–H and O–H groups in total. The first-order chi connectivity index (χ1) is 17.1. The number of hydrogen-bond acceptors (Lipinski definition) is 6. The van der Waals surface area contributed by atoms with E-state index in [1.54, 1.807) is 13.2 Å². The zero-order valence-electron chi connectivity index (χ0n) is 19.7. The molecule has 1 fully saturated rings. The minimum absolute atomic E-state index is 0.126. The topological polar surface area (TPSA) is 104 Å². The van der Waals surface area contributed by atoms with Gasteiger partial charge in [0.05, 0.1) is 18.0 Å². The number of ether oxygens (including phenoxy) is 2. The number of aliphatic hydroxyl groups excluding tert-OH is 1. The molecule has 2 aromatic carbocycles. The van der Waals surface area contributed by atoms with Gasteiger partial charge in [0.1, 0.15) is 6.10 Å². The molecule has 1 spiro atoms. The summed E-state index contributed by atoms with van der Waals surface area (Å²) in [6.45, 7) is 0.865. The number of methoxy groups -OCH3 is 1. The molecular weight excluding hydrogens is 442 g/mol. The highest BCUT2D eigenvalue weighted by atomic mass is 16.6. The summed E-state index contributed by atoms with van der Waals surface area (Å²) < 4.78 is 11.8. The lowest BCUT2D eigenvalue weighted by Gasteiger charge is -2.59. The summed E-state index contributed by atoms with van der Waals surface area (Å²) in [7, 11) is 3.74. The first-order valence-corrected chi connectivity index (χ1v) is 11.9. The van der Waals surface area contributed by atoms with Crippen molar-refractivity contribution in [2.45, 2.75) is 36.1 Å². The van der Waals surface area contributed by atoms with E-state index in [1.807, 2.05) is 36.5 Å². The molecule has 35 heavy (non-hydrogen) atoms. The van der Waals surface area contributed by atoms with Gasteiger partial charge < -0.3 is 19.5 Å². The van der Waals surface area contributed by atoms with Crippen LogP contribution in [0.1, 0.15) is 17.5 Å². The molecule has 4 aliphatic rings. The molecule has 3 heterocycles. The van der Waals surface area contributed by atoms with Crippen LogP contribution >= 0.6 is 0 Å². The molecule has 2 aliphatic carbocycles. The van der Waals surface area contributed by atoms with Crippen LogP contribution in [-0.2, 0) is 11.8 Å². The Labute approximate surface area is 203 Å². The Bertz CT molecular complexity index is 1320. The Kier molecular flexibility index (Phi) is 5.00. The van der Waals surface area contributed by atoms with Gasteiger partial charge in [-0.2, -0.15) is 0 Å². The fraction of sp³-hybridized carbons (Fsp3) is 0.370. The van der Waals surface area contributed by atoms with Crippen molar-refractivity contribution in [1.29, 1.82) is 0 Å². The van der Waals surface area contributed by atoms with Crippen molar-refractivity contribution in [3.63, 3.8) is 0 Å². The Hall–Kier alpha value is -3.58. The summed E-state index contributed by atoms with van der Waals surface area (Å²) in [4.78, 5) is 9.63. The molecule has 2 aliphatic heterocycles. The fourth-order valence-electron chi connectivity index (χ4n) is 6.68. The van der Waals surface area contributed by atoms with E-state index in [-0.39, 0.29) is 5.92 Å². The number of nitrogens with zero attached hydrogens (tertiary/aromatic N) is 5. The molecule has 178 valence electrons. The van der Waals surface area contributed by atoms with E-state index in [4.69, 9.17) is 9.47 Å². The van der Waals surface area contributed by atoms with E-state index in [1.165, 1.54) is 10.9 Å². The number of piperidine rings is 1. The van der Waals surface area contributed by atoms with Crippen LogP contribution in [-0.4, -0.2) is 53.6 Å². The molecular formula is C27H27N5O3. The largest absolute Gasteiger partial charge is 0.493 e. The van der Waals surface area contributed by atoms with Crippen LogP contribution < -0.4 is 9.47 Å². The van der Waals surface area contributed by atoms with Gasteiger partial charge in [0.25, 0.3) is 0 Å². The number of pyridine rings is 1. The lowest BCUT2D eigenvalue weighted by molar-refractivity contribution is -0.117. The van der Waals surface area contributed by atoms with Gasteiger partial charge in [-0.15, -0.1) is 0 Å². The van der Waals surface area contributed by atoms with Gasteiger partial charge in [0.2, 0.25) is 5.72 Å². The standard InChI is InChI=1S/C18H20N4O3.C9H7N/c1-22-8-7-17-11-4-6-14(23)18(17,20-21-19)25-16-13(24-2)5-3-10(15(16)17)9-12(11)22;1-2-6-9-8(4-1)5-3-7-10-9/h3-6,11-12,14,23H,7-9H2,1-2H3;1-7H/t11-,12+,14-,17-,18-;/m0./s1.